The standard InChI is InChI=1S/C21H22N2O2/c1-13-18-11-16(15-5-3-2-4-6-15)7-8-19(18)23-20(13)21(25)22-12-14-9-17(24)10-14/h2-8,11,14,17,23-24H,9-10,12H2,1H3,(H,22,25). The van der Waals surface area contributed by atoms with Crippen LogP contribution in [0.5, 0.6) is 0 Å². The molecule has 0 saturated heterocycles. The summed E-state index contributed by atoms with van der Waals surface area (Å²) in [5.41, 5.74) is 4.88. The van der Waals surface area contributed by atoms with Crippen LogP contribution in [-0.2, 0) is 0 Å². The van der Waals surface area contributed by atoms with Crippen molar-refractivity contribution >= 4 is 16.8 Å². The summed E-state index contributed by atoms with van der Waals surface area (Å²) in [7, 11) is 0. The van der Waals surface area contributed by atoms with Crippen molar-refractivity contribution in [3.05, 3.63) is 59.8 Å². The quantitative estimate of drug-likeness (QED) is 0.682. The van der Waals surface area contributed by atoms with Crippen LogP contribution in [0.15, 0.2) is 48.5 Å². The third-order valence-corrected chi connectivity index (χ3v) is 5.15. The molecule has 0 aliphatic heterocycles. The summed E-state index contributed by atoms with van der Waals surface area (Å²) in [6.45, 7) is 2.61. The molecule has 1 aliphatic carbocycles. The van der Waals surface area contributed by atoms with Crippen LogP contribution in [0.25, 0.3) is 22.0 Å². The van der Waals surface area contributed by atoms with Gasteiger partial charge in [0.25, 0.3) is 5.91 Å². The van der Waals surface area contributed by atoms with Crippen LogP contribution in [-0.4, -0.2) is 28.6 Å². The van der Waals surface area contributed by atoms with E-state index in [1.807, 2.05) is 31.2 Å². The molecule has 1 saturated carbocycles. The van der Waals surface area contributed by atoms with Gasteiger partial charge in [0.05, 0.1) is 6.10 Å². The lowest BCUT2D eigenvalue weighted by Crippen LogP contribution is -2.38. The minimum atomic E-state index is -0.187. The number of H-pyrrole nitrogens is 1. The molecule has 1 heterocycles. The fourth-order valence-corrected chi connectivity index (χ4v) is 3.56. The zero-order valence-corrected chi connectivity index (χ0v) is 14.3. The zero-order chi connectivity index (χ0) is 17.4. The van der Waals surface area contributed by atoms with Gasteiger partial charge in [-0.1, -0.05) is 36.4 Å². The lowest BCUT2D eigenvalue weighted by Gasteiger charge is -2.31. The molecular weight excluding hydrogens is 312 g/mol. The second-order valence-electron chi connectivity index (χ2n) is 6.95. The zero-order valence-electron chi connectivity index (χ0n) is 14.3. The number of benzene rings is 2. The van der Waals surface area contributed by atoms with E-state index in [2.05, 4.69) is 34.6 Å². The van der Waals surface area contributed by atoms with Gasteiger partial charge in [-0.2, -0.15) is 0 Å². The van der Waals surface area contributed by atoms with Crippen LogP contribution in [0.2, 0.25) is 0 Å². The van der Waals surface area contributed by atoms with Gasteiger partial charge in [-0.05, 0) is 54.5 Å². The molecular formula is C21H22N2O2. The number of rotatable bonds is 4. The lowest BCUT2D eigenvalue weighted by molar-refractivity contribution is 0.0420. The van der Waals surface area contributed by atoms with Crippen molar-refractivity contribution in [1.82, 2.24) is 10.3 Å². The molecule has 0 bridgehead atoms. The minimum absolute atomic E-state index is 0.0728. The van der Waals surface area contributed by atoms with Crippen LogP contribution in [0.3, 0.4) is 0 Å². The van der Waals surface area contributed by atoms with E-state index in [9.17, 15) is 9.90 Å². The van der Waals surface area contributed by atoms with Crippen molar-refractivity contribution in [2.24, 2.45) is 5.92 Å². The van der Waals surface area contributed by atoms with Crippen LogP contribution < -0.4 is 5.32 Å². The number of amides is 1. The van der Waals surface area contributed by atoms with Crippen molar-refractivity contribution < 1.29 is 9.90 Å². The predicted molar refractivity (Wildman–Crippen MR) is 99.5 cm³/mol. The molecule has 0 radical (unpaired) electrons. The first-order valence-electron chi connectivity index (χ1n) is 8.76. The third kappa shape index (κ3) is 3.05. The Hall–Kier alpha value is -2.59. The molecule has 3 N–H and O–H groups in total. The number of carbonyl (C=O) groups is 1. The topological polar surface area (TPSA) is 65.1 Å². The Labute approximate surface area is 146 Å². The van der Waals surface area contributed by atoms with Gasteiger partial charge in [-0.15, -0.1) is 0 Å². The average Bonchev–Trinajstić information content (AvgIpc) is 2.94. The van der Waals surface area contributed by atoms with Crippen LogP contribution >= 0.6 is 0 Å². The number of aliphatic hydroxyl groups is 1. The number of hydrogen-bond acceptors (Lipinski definition) is 2. The van der Waals surface area contributed by atoms with Gasteiger partial charge in [0, 0.05) is 17.4 Å². The van der Waals surface area contributed by atoms with E-state index < -0.39 is 0 Å². The first kappa shape index (κ1) is 15.9. The van der Waals surface area contributed by atoms with Gasteiger partial charge >= 0.3 is 0 Å². The van der Waals surface area contributed by atoms with Crippen LogP contribution in [0.4, 0.5) is 0 Å². The SMILES string of the molecule is Cc1c(C(=O)NCC2CC(O)C2)[nH]c2ccc(-c3ccccc3)cc12. The number of hydrogen-bond donors (Lipinski definition) is 3. The van der Waals surface area contributed by atoms with Gasteiger partial charge < -0.3 is 15.4 Å². The van der Waals surface area contributed by atoms with E-state index in [0.29, 0.717) is 18.2 Å². The smallest absolute Gasteiger partial charge is 0.268 e. The highest BCUT2D eigenvalue weighted by atomic mass is 16.3. The van der Waals surface area contributed by atoms with Gasteiger partial charge in [0.2, 0.25) is 0 Å². The molecule has 0 spiro atoms. The van der Waals surface area contributed by atoms with Crippen molar-refractivity contribution in [1.29, 1.82) is 0 Å². The molecule has 1 fully saturated rings. The fraction of sp³-hybridized carbons (Fsp3) is 0.286. The summed E-state index contributed by atoms with van der Waals surface area (Å²) in [5, 5.41) is 13.4. The van der Waals surface area contributed by atoms with E-state index in [1.54, 1.807) is 0 Å². The minimum Gasteiger partial charge on any atom is -0.393 e. The number of nitrogens with one attached hydrogen (secondary N) is 2. The highest BCUT2D eigenvalue weighted by Gasteiger charge is 2.27. The van der Waals surface area contributed by atoms with E-state index in [-0.39, 0.29) is 12.0 Å². The number of carbonyl (C=O) groups excluding carboxylic acids is 1. The molecule has 1 aromatic heterocycles. The van der Waals surface area contributed by atoms with E-state index in [1.165, 1.54) is 5.56 Å². The van der Waals surface area contributed by atoms with E-state index in [0.717, 1.165) is 34.9 Å². The maximum Gasteiger partial charge on any atom is 0.268 e. The Bertz CT molecular complexity index is 908. The Kier molecular flexibility index (Phi) is 4.06. The second kappa shape index (κ2) is 6.37. The first-order valence-corrected chi connectivity index (χ1v) is 8.76. The van der Waals surface area contributed by atoms with Gasteiger partial charge in [0.15, 0.2) is 0 Å². The normalized spacial score (nSPS) is 19.6. The van der Waals surface area contributed by atoms with Gasteiger partial charge in [-0.25, -0.2) is 0 Å². The summed E-state index contributed by atoms with van der Waals surface area (Å²) >= 11 is 0. The maximum absolute atomic E-state index is 12.5. The van der Waals surface area contributed by atoms with Gasteiger partial charge in [-0.3, -0.25) is 4.79 Å². The number of fused-ring (bicyclic) bond motifs is 1. The Morgan fingerprint density at radius 2 is 1.92 bits per heavy atom. The highest BCUT2D eigenvalue weighted by Crippen LogP contribution is 2.29. The van der Waals surface area contributed by atoms with Crippen molar-refractivity contribution in [3.63, 3.8) is 0 Å². The molecule has 3 aromatic rings. The van der Waals surface area contributed by atoms with E-state index >= 15 is 0 Å². The molecule has 4 nitrogen and oxygen atoms in total. The van der Waals surface area contributed by atoms with E-state index in [4.69, 9.17) is 0 Å². The van der Waals surface area contributed by atoms with Crippen molar-refractivity contribution in [2.75, 3.05) is 6.54 Å². The first-order chi connectivity index (χ1) is 12.1. The molecule has 1 amide bonds. The summed E-state index contributed by atoms with van der Waals surface area (Å²) < 4.78 is 0. The van der Waals surface area contributed by atoms with Crippen LogP contribution in [0.1, 0.15) is 28.9 Å². The largest absolute Gasteiger partial charge is 0.393 e. The monoisotopic (exact) mass is 334 g/mol. The Morgan fingerprint density at radius 3 is 2.64 bits per heavy atom. The molecule has 25 heavy (non-hydrogen) atoms. The summed E-state index contributed by atoms with van der Waals surface area (Å²) in [4.78, 5) is 15.8. The summed E-state index contributed by atoms with van der Waals surface area (Å²) in [6.07, 6.45) is 1.38. The Balaban J connectivity index is 1.58. The lowest BCUT2D eigenvalue weighted by atomic mass is 9.82. The number of aryl methyl sites for hydroxylation is 1. The average molecular weight is 334 g/mol. The molecule has 4 heteroatoms. The summed E-state index contributed by atoms with van der Waals surface area (Å²) in [5.74, 6) is 0.324. The second-order valence-corrected chi connectivity index (χ2v) is 6.95. The summed E-state index contributed by atoms with van der Waals surface area (Å²) in [6, 6.07) is 16.5. The predicted octanol–water partition coefficient (Wildman–Crippen LogP) is 3.64. The molecule has 128 valence electrons. The van der Waals surface area contributed by atoms with Crippen molar-refractivity contribution in [3.8, 4) is 11.1 Å². The maximum atomic E-state index is 12.5. The van der Waals surface area contributed by atoms with Gasteiger partial charge in [0.1, 0.15) is 5.69 Å². The third-order valence-electron chi connectivity index (χ3n) is 5.15. The van der Waals surface area contributed by atoms with Crippen molar-refractivity contribution in [2.45, 2.75) is 25.9 Å². The molecule has 0 atom stereocenters. The molecule has 0 unspecified atom stereocenters. The molecule has 4 rings (SSSR count). The number of aliphatic hydroxyl groups excluding tert-OH is 1. The number of aromatic nitrogens is 1. The number of aromatic amines is 1. The highest BCUT2D eigenvalue weighted by molar-refractivity contribution is 6.01. The Morgan fingerprint density at radius 1 is 1.16 bits per heavy atom. The van der Waals surface area contributed by atoms with Crippen LogP contribution in [0, 0.1) is 12.8 Å². The molecule has 2 aromatic carbocycles. The molecule has 1 aliphatic rings. The fourth-order valence-electron chi connectivity index (χ4n) is 3.56.